The summed E-state index contributed by atoms with van der Waals surface area (Å²) in [5.74, 6) is -0.449. The van der Waals surface area contributed by atoms with E-state index < -0.39 is 0 Å². The molecule has 0 bridgehead atoms. The van der Waals surface area contributed by atoms with Crippen LogP contribution in [0.4, 0.5) is 5.69 Å². The topological polar surface area (TPSA) is 67.2 Å². The van der Waals surface area contributed by atoms with Crippen molar-refractivity contribution in [1.29, 1.82) is 0 Å². The standard InChI is InChI=1S/C21H20N4O2/c26-20-12-17(15-24(20)14-16-6-2-1-3-7-16)21(27)23-18-8-4-9-19(13-18)25-11-5-10-22-25/h1-11,13,17H,12,14-15H2,(H,23,27)/t17-/m0/s1. The van der Waals surface area contributed by atoms with E-state index in [2.05, 4.69) is 10.4 Å². The third-order valence-corrected chi connectivity index (χ3v) is 4.68. The molecule has 1 N–H and O–H groups in total. The summed E-state index contributed by atoms with van der Waals surface area (Å²) in [6.45, 7) is 0.983. The highest BCUT2D eigenvalue weighted by atomic mass is 16.2. The van der Waals surface area contributed by atoms with Crippen molar-refractivity contribution in [1.82, 2.24) is 14.7 Å². The predicted molar refractivity (Wildman–Crippen MR) is 102 cm³/mol. The summed E-state index contributed by atoms with van der Waals surface area (Å²) in [7, 11) is 0. The van der Waals surface area contributed by atoms with E-state index in [0.717, 1.165) is 11.3 Å². The van der Waals surface area contributed by atoms with E-state index >= 15 is 0 Å². The third-order valence-electron chi connectivity index (χ3n) is 4.68. The Hall–Kier alpha value is -3.41. The third kappa shape index (κ3) is 3.89. The van der Waals surface area contributed by atoms with Crippen LogP contribution in [-0.4, -0.2) is 33.0 Å². The first-order valence-electron chi connectivity index (χ1n) is 8.92. The van der Waals surface area contributed by atoms with Crippen LogP contribution in [0.2, 0.25) is 0 Å². The van der Waals surface area contributed by atoms with E-state index in [0.29, 0.717) is 18.8 Å². The Morgan fingerprint density at radius 3 is 2.74 bits per heavy atom. The Morgan fingerprint density at radius 2 is 1.96 bits per heavy atom. The molecule has 1 fully saturated rings. The number of amides is 2. The lowest BCUT2D eigenvalue weighted by atomic mass is 10.1. The van der Waals surface area contributed by atoms with Crippen molar-refractivity contribution in [2.24, 2.45) is 5.92 Å². The van der Waals surface area contributed by atoms with Crippen molar-refractivity contribution < 1.29 is 9.59 Å². The molecule has 1 aliphatic rings. The van der Waals surface area contributed by atoms with E-state index in [9.17, 15) is 9.59 Å². The Balaban J connectivity index is 1.40. The summed E-state index contributed by atoms with van der Waals surface area (Å²) in [5, 5.41) is 7.13. The van der Waals surface area contributed by atoms with Gasteiger partial charge in [-0.25, -0.2) is 4.68 Å². The quantitative estimate of drug-likeness (QED) is 0.761. The van der Waals surface area contributed by atoms with Crippen molar-refractivity contribution in [3.8, 4) is 5.69 Å². The summed E-state index contributed by atoms with van der Waals surface area (Å²) in [4.78, 5) is 26.7. The smallest absolute Gasteiger partial charge is 0.229 e. The van der Waals surface area contributed by atoms with Crippen LogP contribution in [0, 0.1) is 5.92 Å². The lowest BCUT2D eigenvalue weighted by molar-refractivity contribution is -0.128. The Bertz CT molecular complexity index is 938. The highest BCUT2D eigenvalue weighted by Gasteiger charge is 2.34. The predicted octanol–water partition coefficient (Wildman–Crippen LogP) is 2.86. The minimum absolute atomic E-state index is 0.0179. The maximum absolute atomic E-state index is 12.6. The molecule has 27 heavy (non-hydrogen) atoms. The number of rotatable bonds is 5. The second-order valence-corrected chi connectivity index (χ2v) is 6.65. The molecule has 0 saturated carbocycles. The number of aromatic nitrogens is 2. The van der Waals surface area contributed by atoms with Gasteiger partial charge >= 0.3 is 0 Å². The van der Waals surface area contributed by atoms with Crippen LogP contribution < -0.4 is 5.32 Å². The van der Waals surface area contributed by atoms with E-state index in [-0.39, 0.29) is 24.2 Å². The van der Waals surface area contributed by atoms with Gasteiger partial charge in [-0.3, -0.25) is 9.59 Å². The normalized spacial score (nSPS) is 16.5. The van der Waals surface area contributed by atoms with Gasteiger partial charge in [0.25, 0.3) is 0 Å². The molecule has 2 amide bonds. The lowest BCUT2D eigenvalue weighted by Crippen LogP contribution is -2.28. The van der Waals surface area contributed by atoms with Crippen LogP contribution in [0.5, 0.6) is 0 Å². The van der Waals surface area contributed by atoms with Gasteiger partial charge in [-0.2, -0.15) is 5.10 Å². The highest BCUT2D eigenvalue weighted by Crippen LogP contribution is 2.22. The highest BCUT2D eigenvalue weighted by molar-refractivity contribution is 5.97. The first-order chi connectivity index (χ1) is 13.2. The zero-order valence-corrected chi connectivity index (χ0v) is 14.8. The van der Waals surface area contributed by atoms with Crippen LogP contribution in [0.1, 0.15) is 12.0 Å². The molecule has 6 nitrogen and oxygen atoms in total. The van der Waals surface area contributed by atoms with Crippen molar-refractivity contribution in [2.75, 3.05) is 11.9 Å². The summed E-state index contributed by atoms with van der Waals surface area (Å²) in [5.41, 5.74) is 2.63. The second kappa shape index (κ2) is 7.45. The Morgan fingerprint density at radius 1 is 1.11 bits per heavy atom. The van der Waals surface area contributed by atoms with Gasteiger partial charge in [0.1, 0.15) is 0 Å². The number of nitrogens with one attached hydrogen (secondary N) is 1. The second-order valence-electron chi connectivity index (χ2n) is 6.65. The maximum atomic E-state index is 12.6. The minimum Gasteiger partial charge on any atom is -0.338 e. The number of hydrogen-bond acceptors (Lipinski definition) is 3. The summed E-state index contributed by atoms with van der Waals surface area (Å²) >= 11 is 0. The van der Waals surface area contributed by atoms with Crippen LogP contribution in [0.15, 0.2) is 73.1 Å². The first kappa shape index (κ1) is 17.0. The average molecular weight is 360 g/mol. The van der Waals surface area contributed by atoms with Crippen LogP contribution >= 0.6 is 0 Å². The van der Waals surface area contributed by atoms with Gasteiger partial charge in [-0.15, -0.1) is 0 Å². The van der Waals surface area contributed by atoms with Crippen molar-refractivity contribution >= 4 is 17.5 Å². The number of anilines is 1. The van der Waals surface area contributed by atoms with Gasteiger partial charge in [-0.1, -0.05) is 36.4 Å². The van der Waals surface area contributed by atoms with Crippen molar-refractivity contribution in [3.05, 3.63) is 78.6 Å². The Labute approximate surface area is 157 Å². The van der Waals surface area contributed by atoms with Gasteiger partial charge in [0.05, 0.1) is 11.6 Å². The van der Waals surface area contributed by atoms with E-state index in [1.807, 2.05) is 66.9 Å². The minimum atomic E-state index is -0.338. The molecule has 0 aliphatic carbocycles. The molecule has 1 aromatic heterocycles. The fourth-order valence-corrected chi connectivity index (χ4v) is 3.30. The summed E-state index contributed by atoms with van der Waals surface area (Å²) < 4.78 is 1.73. The molecule has 1 saturated heterocycles. The number of hydrogen-bond donors (Lipinski definition) is 1. The fraction of sp³-hybridized carbons (Fsp3) is 0.190. The zero-order valence-electron chi connectivity index (χ0n) is 14.8. The molecule has 4 rings (SSSR count). The largest absolute Gasteiger partial charge is 0.338 e. The molecule has 3 aromatic rings. The van der Waals surface area contributed by atoms with E-state index in [1.54, 1.807) is 15.8 Å². The molecule has 1 aliphatic heterocycles. The van der Waals surface area contributed by atoms with Crippen molar-refractivity contribution in [2.45, 2.75) is 13.0 Å². The average Bonchev–Trinajstić information content (AvgIpc) is 3.34. The fourth-order valence-electron chi connectivity index (χ4n) is 3.30. The Kier molecular flexibility index (Phi) is 4.70. The van der Waals surface area contributed by atoms with Crippen LogP contribution in [0.25, 0.3) is 5.69 Å². The number of benzene rings is 2. The van der Waals surface area contributed by atoms with Gasteiger partial charge in [0, 0.05) is 37.6 Å². The maximum Gasteiger partial charge on any atom is 0.229 e. The summed E-state index contributed by atoms with van der Waals surface area (Å²) in [6, 6.07) is 19.2. The lowest BCUT2D eigenvalue weighted by Gasteiger charge is -2.16. The van der Waals surface area contributed by atoms with Gasteiger partial charge in [-0.05, 0) is 29.8 Å². The molecule has 136 valence electrons. The molecule has 0 unspecified atom stereocenters. The number of nitrogens with zero attached hydrogens (tertiary/aromatic N) is 3. The van der Waals surface area contributed by atoms with Crippen molar-refractivity contribution in [3.63, 3.8) is 0 Å². The van der Waals surface area contributed by atoms with Gasteiger partial charge < -0.3 is 10.2 Å². The zero-order chi connectivity index (χ0) is 18.6. The molecule has 0 radical (unpaired) electrons. The molecule has 2 aromatic carbocycles. The molecule has 1 atom stereocenters. The molecule has 2 heterocycles. The van der Waals surface area contributed by atoms with E-state index in [1.165, 1.54) is 0 Å². The van der Waals surface area contributed by atoms with E-state index in [4.69, 9.17) is 0 Å². The number of carbonyl (C=O) groups is 2. The molecular weight excluding hydrogens is 340 g/mol. The SMILES string of the molecule is O=C(Nc1cccc(-n2cccn2)c1)[C@H]1CC(=O)N(Cc2ccccc2)C1. The van der Waals surface area contributed by atoms with Gasteiger partial charge in [0.15, 0.2) is 0 Å². The molecular formula is C21H20N4O2. The van der Waals surface area contributed by atoms with Crippen LogP contribution in [-0.2, 0) is 16.1 Å². The summed E-state index contributed by atoms with van der Waals surface area (Å²) in [6.07, 6.45) is 3.80. The number of carbonyl (C=O) groups excluding carboxylic acids is 2. The molecule has 6 heteroatoms. The first-order valence-corrected chi connectivity index (χ1v) is 8.92. The molecule has 0 spiro atoms. The van der Waals surface area contributed by atoms with Gasteiger partial charge in [0.2, 0.25) is 11.8 Å². The monoisotopic (exact) mass is 360 g/mol. The number of likely N-dealkylation sites (tertiary alicyclic amines) is 1. The van der Waals surface area contributed by atoms with Crippen LogP contribution in [0.3, 0.4) is 0 Å².